The van der Waals surface area contributed by atoms with E-state index in [-0.39, 0.29) is 18.5 Å². The molecule has 20 heavy (non-hydrogen) atoms. The molecule has 2 N–H and O–H groups in total. The molecule has 0 saturated heterocycles. The standard InChI is InChI=1S/C17H20FNO/c1-13(19)6-7-14-8-10-16(11-9-14)20-12-15-4-2-3-5-17(15)18/h2-5,8-11,13H,6-7,12,19H2,1H3. The third kappa shape index (κ3) is 4.35. The van der Waals surface area contributed by atoms with Crippen LogP contribution in [0.15, 0.2) is 48.5 Å². The Morgan fingerprint density at radius 1 is 1.10 bits per heavy atom. The van der Waals surface area contributed by atoms with Crippen LogP contribution in [0.5, 0.6) is 5.75 Å². The van der Waals surface area contributed by atoms with Crippen molar-refractivity contribution >= 4 is 0 Å². The first-order valence-corrected chi connectivity index (χ1v) is 6.86. The zero-order valence-corrected chi connectivity index (χ0v) is 11.7. The quantitative estimate of drug-likeness (QED) is 0.871. The van der Waals surface area contributed by atoms with Crippen LogP contribution in [-0.2, 0) is 13.0 Å². The van der Waals surface area contributed by atoms with Crippen LogP contribution in [0, 0.1) is 5.82 Å². The van der Waals surface area contributed by atoms with Crippen LogP contribution in [0.1, 0.15) is 24.5 Å². The van der Waals surface area contributed by atoms with Gasteiger partial charge in [0, 0.05) is 11.6 Å². The lowest BCUT2D eigenvalue weighted by atomic mass is 10.1. The Balaban J connectivity index is 1.89. The first-order chi connectivity index (χ1) is 9.65. The molecule has 0 bridgehead atoms. The summed E-state index contributed by atoms with van der Waals surface area (Å²) in [5.74, 6) is 0.513. The largest absolute Gasteiger partial charge is 0.489 e. The predicted octanol–water partition coefficient (Wildman–Crippen LogP) is 3.68. The summed E-state index contributed by atoms with van der Waals surface area (Å²) in [4.78, 5) is 0. The molecule has 2 rings (SSSR count). The van der Waals surface area contributed by atoms with Crippen LogP contribution >= 0.6 is 0 Å². The fourth-order valence-electron chi connectivity index (χ4n) is 1.92. The maximum Gasteiger partial charge on any atom is 0.129 e. The van der Waals surface area contributed by atoms with Gasteiger partial charge in [0.2, 0.25) is 0 Å². The van der Waals surface area contributed by atoms with Gasteiger partial charge in [0.05, 0.1) is 0 Å². The molecule has 0 saturated carbocycles. The van der Waals surface area contributed by atoms with Gasteiger partial charge in [-0.1, -0.05) is 30.3 Å². The van der Waals surface area contributed by atoms with Gasteiger partial charge in [-0.3, -0.25) is 0 Å². The molecule has 0 aliphatic rings. The van der Waals surface area contributed by atoms with Crippen molar-refractivity contribution in [1.29, 1.82) is 0 Å². The van der Waals surface area contributed by atoms with Gasteiger partial charge in [-0.2, -0.15) is 0 Å². The van der Waals surface area contributed by atoms with E-state index in [1.807, 2.05) is 31.2 Å². The van der Waals surface area contributed by atoms with E-state index in [0.717, 1.165) is 18.6 Å². The van der Waals surface area contributed by atoms with Crippen molar-refractivity contribution in [3.8, 4) is 5.75 Å². The van der Waals surface area contributed by atoms with E-state index >= 15 is 0 Å². The van der Waals surface area contributed by atoms with Crippen LogP contribution in [0.2, 0.25) is 0 Å². The Kier molecular flexibility index (Phi) is 5.13. The summed E-state index contributed by atoms with van der Waals surface area (Å²) in [6.07, 6.45) is 1.93. The SMILES string of the molecule is CC(N)CCc1ccc(OCc2ccccc2F)cc1. The Labute approximate surface area is 119 Å². The number of nitrogens with two attached hydrogens (primary N) is 1. The molecule has 106 valence electrons. The lowest BCUT2D eigenvalue weighted by molar-refractivity contribution is 0.300. The minimum absolute atomic E-state index is 0.215. The van der Waals surface area contributed by atoms with Gasteiger partial charge in [0.25, 0.3) is 0 Å². The first-order valence-electron chi connectivity index (χ1n) is 6.86. The minimum Gasteiger partial charge on any atom is -0.489 e. The second-order valence-corrected chi connectivity index (χ2v) is 5.04. The topological polar surface area (TPSA) is 35.2 Å². The maximum atomic E-state index is 13.4. The van der Waals surface area contributed by atoms with Gasteiger partial charge in [-0.25, -0.2) is 4.39 Å². The molecule has 1 unspecified atom stereocenters. The Bertz CT molecular complexity index is 537. The molecule has 0 radical (unpaired) electrons. The van der Waals surface area contributed by atoms with E-state index in [2.05, 4.69) is 0 Å². The number of aryl methyl sites for hydroxylation is 1. The van der Waals surface area contributed by atoms with Gasteiger partial charge in [0.1, 0.15) is 18.2 Å². The van der Waals surface area contributed by atoms with Crippen molar-refractivity contribution in [1.82, 2.24) is 0 Å². The van der Waals surface area contributed by atoms with Crippen molar-refractivity contribution in [2.45, 2.75) is 32.4 Å². The van der Waals surface area contributed by atoms with Gasteiger partial charge < -0.3 is 10.5 Å². The van der Waals surface area contributed by atoms with Crippen LogP contribution in [0.3, 0.4) is 0 Å². The zero-order valence-electron chi connectivity index (χ0n) is 11.7. The van der Waals surface area contributed by atoms with E-state index in [1.54, 1.807) is 18.2 Å². The van der Waals surface area contributed by atoms with Gasteiger partial charge in [0.15, 0.2) is 0 Å². The second kappa shape index (κ2) is 7.06. The molecule has 2 aromatic rings. The number of rotatable bonds is 6. The average Bonchev–Trinajstić information content (AvgIpc) is 2.45. The minimum atomic E-state index is -0.235. The first kappa shape index (κ1) is 14.5. The molecular formula is C17H20FNO. The van der Waals surface area contributed by atoms with Crippen molar-refractivity contribution in [3.63, 3.8) is 0 Å². The third-order valence-corrected chi connectivity index (χ3v) is 3.16. The average molecular weight is 273 g/mol. The van der Waals surface area contributed by atoms with E-state index in [4.69, 9.17) is 10.5 Å². The summed E-state index contributed by atoms with van der Waals surface area (Å²) in [6, 6.07) is 14.7. The molecule has 0 fully saturated rings. The number of halogens is 1. The predicted molar refractivity (Wildman–Crippen MR) is 79.1 cm³/mol. The fraction of sp³-hybridized carbons (Fsp3) is 0.294. The highest BCUT2D eigenvalue weighted by molar-refractivity contribution is 5.28. The maximum absolute atomic E-state index is 13.4. The molecule has 0 aliphatic carbocycles. The monoisotopic (exact) mass is 273 g/mol. The molecular weight excluding hydrogens is 253 g/mol. The highest BCUT2D eigenvalue weighted by atomic mass is 19.1. The summed E-state index contributed by atoms with van der Waals surface area (Å²) in [5.41, 5.74) is 7.54. The van der Waals surface area contributed by atoms with Gasteiger partial charge >= 0.3 is 0 Å². The van der Waals surface area contributed by atoms with Crippen molar-refractivity contribution in [2.75, 3.05) is 0 Å². The highest BCUT2D eigenvalue weighted by Gasteiger charge is 2.02. The molecule has 2 aromatic carbocycles. The summed E-state index contributed by atoms with van der Waals surface area (Å²) >= 11 is 0. The molecule has 0 heterocycles. The van der Waals surface area contributed by atoms with E-state index in [0.29, 0.717) is 5.56 Å². The molecule has 1 atom stereocenters. The Morgan fingerprint density at radius 2 is 1.80 bits per heavy atom. The van der Waals surface area contributed by atoms with E-state index in [1.165, 1.54) is 11.6 Å². The molecule has 0 aliphatic heterocycles. The molecule has 0 amide bonds. The summed E-state index contributed by atoms with van der Waals surface area (Å²) in [7, 11) is 0. The summed E-state index contributed by atoms with van der Waals surface area (Å²) in [5, 5.41) is 0. The molecule has 3 heteroatoms. The van der Waals surface area contributed by atoms with Crippen LogP contribution in [0.25, 0.3) is 0 Å². The Morgan fingerprint density at radius 3 is 2.45 bits per heavy atom. The lowest BCUT2D eigenvalue weighted by Crippen LogP contribution is -2.15. The van der Waals surface area contributed by atoms with E-state index in [9.17, 15) is 4.39 Å². The molecule has 0 spiro atoms. The highest BCUT2D eigenvalue weighted by Crippen LogP contribution is 2.16. The molecule has 2 nitrogen and oxygen atoms in total. The lowest BCUT2D eigenvalue weighted by Gasteiger charge is -2.09. The Hall–Kier alpha value is -1.87. The number of hydrogen-bond donors (Lipinski definition) is 1. The van der Waals surface area contributed by atoms with Crippen molar-refractivity contribution in [3.05, 3.63) is 65.5 Å². The summed E-state index contributed by atoms with van der Waals surface area (Å²) < 4.78 is 19.0. The van der Waals surface area contributed by atoms with Gasteiger partial charge in [-0.05, 0) is 43.5 Å². The zero-order chi connectivity index (χ0) is 14.4. The number of benzene rings is 2. The third-order valence-electron chi connectivity index (χ3n) is 3.16. The van der Waals surface area contributed by atoms with Crippen LogP contribution in [0.4, 0.5) is 4.39 Å². The normalized spacial score (nSPS) is 12.2. The van der Waals surface area contributed by atoms with Crippen LogP contribution in [-0.4, -0.2) is 6.04 Å². The van der Waals surface area contributed by atoms with Gasteiger partial charge in [-0.15, -0.1) is 0 Å². The number of hydrogen-bond acceptors (Lipinski definition) is 2. The van der Waals surface area contributed by atoms with Crippen molar-refractivity contribution in [2.24, 2.45) is 5.73 Å². The smallest absolute Gasteiger partial charge is 0.129 e. The summed E-state index contributed by atoms with van der Waals surface area (Å²) in [6.45, 7) is 2.25. The van der Waals surface area contributed by atoms with Crippen LogP contribution < -0.4 is 10.5 Å². The fourth-order valence-corrected chi connectivity index (χ4v) is 1.92. The second-order valence-electron chi connectivity index (χ2n) is 5.04. The number of ether oxygens (including phenoxy) is 1. The van der Waals surface area contributed by atoms with E-state index < -0.39 is 0 Å². The van der Waals surface area contributed by atoms with Crippen molar-refractivity contribution < 1.29 is 9.13 Å². The molecule has 0 aromatic heterocycles.